The van der Waals surface area contributed by atoms with Gasteiger partial charge in [0.05, 0.1) is 17.6 Å². The Morgan fingerprint density at radius 1 is 1.24 bits per heavy atom. The number of aromatic nitrogens is 2. The summed E-state index contributed by atoms with van der Waals surface area (Å²) < 4.78 is 2.01. The molecule has 0 aliphatic carbocycles. The van der Waals surface area contributed by atoms with Gasteiger partial charge in [-0.2, -0.15) is 5.26 Å². The second-order valence-electron chi connectivity index (χ2n) is 5.84. The molecule has 0 spiro atoms. The molecule has 5 heteroatoms. The third-order valence-electron chi connectivity index (χ3n) is 3.95. The van der Waals surface area contributed by atoms with Crippen molar-refractivity contribution in [1.82, 2.24) is 9.55 Å². The molecular formula is C20H18N4O. The number of nitriles is 1. The highest BCUT2D eigenvalue weighted by Crippen LogP contribution is 2.19. The van der Waals surface area contributed by atoms with Crippen molar-refractivity contribution in [2.24, 2.45) is 0 Å². The SMILES string of the molecule is CC(=O)c1ccc(C#N)c(NCc2cccc(Cn3ccnc3)c2)c1. The van der Waals surface area contributed by atoms with Gasteiger partial charge in [0, 0.05) is 31.0 Å². The molecule has 1 N–H and O–H groups in total. The summed E-state index contributed by atoms with van der Waals surface area (Å²) in [5, 5.41) is 12.5. The van der Waals surface area contributed by atoms with Gasteiger partial charge in [0.25, 0.3) is 0 Å². The molecule has 1 heterocycles. The maximum Gasteiger partial charge on any atom is 0.159 e. The third kappa shape index (κ3) is 4.12. The summed E-state index contributed by atoms with van der Waals surface area (Å²) in [6.07, 6.45) is 5.48. The number of rotatable bonds is 6. The van der Waals surface area contributed by atoms with Gasteiger partial charge in [-0.1, -0.05) is 24.3 Å². The Morgan fingerprint density at radius 2 is 2.08 bits per heavy atom. The molecule has 3 aromatic rings. The van der Waals surface area contributed by atoms with E-state index in [9.17, 15) is 10.1 Å². The molecule has 0 unspecified atom stereocenters. The summed E-state index contributed by atoms with van der Waals surface area (Å²) in [6, 6.07) is 15.5. The van der Waals surface area contributed by atoms with E-state index in [1.54, 1.807) is 30.7 Å². The summed E-state index contributed by atoms with van der Waals surface area (Å²) in [7, 11) is 0. The number of Topliss-reactive ketones (excluding diaryl/α,β-unsaturated/α-hetero) is 1. The van der Waals surface area contributed by atoms with Gasteiger partial charge in [-0.05, 0) is 36.2 Å². The van der Waals surface area contributed by atoms with Crippen LogP contribution in [0.25, 0.3) is 0 Å². The predicted molar refractivity (Wildman–Crippen MR) is 96.3 cm³/mol. The normalized spacial score (nSPS) is 10.2. The number of nitrogens with one attached hydrogen (secondary N) is 1. The lowest BCUT2D eigenvalue weighted by molar-refractivity contribution is 0.101. The summed E-state index contributed by atoms with van der Waals surface area (Å²) in [5.74, 6) is -0.0186. The number of benzene rings is 2. The van der Waals surface area contributed by atoms with Crippen molar-refractivity contribution < 1.29 is 4.79 Å². The lowest BCUT2D eigenvalue weighted by Crippen LogP contribution is -2.04. The van der Waals surface area contributed by atoms with Crippen molar-refractivity contribution in [3.05, 3.63) is 83.4 Å². The summed E-state index contributed by atoms with van der Waals surface area (Å²) in [6.45, 7) is 2.86. The van der Waals surface area contributed by atoms with Gasteiger partial charge < -0.3 is 9.88 Å². The van der Waals surface area contributed by atoms with Gasteiger partial charge in [0.1, 0.15) is 6.07 Å². The van der Waals surface area contributed by atoms with Crippen LogP contribution in [-0.4, -0.2) is 15.3 Å². The van der Waals surface area contributed by atoms with Crippen LogP contribution in [0.1, 0.15) is 34.0 Å². The van der Waals surface area contributed by atoms with Crippen LogP contribution in [0.2, 0.25) is 0 Å². The molecule has 0 saturated carbocycles. The number of carbonyl (C=O) groups excluding carboxylic acids is 1. The van der Waals surface area contributed by atoms with E-state index >= 15 is 0 Å². The van der Waals surface area contributed by atoms with E-state index in [0.29, 0.717) is 23.4 Å². The minimum atomic E-state index is -0.0186. The van der Waals surface area contributed by atoms with Gasteiger partial charge in [0.15, 0.2) is 5.78 Å². The molecule has 0 atom stereocenters. The Bertz CT molecular complexity index is 923. The first-order valence-electron chi connectivity index (χ1n) is 7.98. The first-order valence-corrected chi connectivity index (χ1v) is 7.98. The molecule has 5 nitrogen and oxygen atoms in total. The molecule has 0 bridgehead atoms. The molecule has 124 valence electrons. The number of carbonyl (C=O) groups is 1. The Labute approximate surface area is 146 Å². The van der Waals surface area contributed by atoms with Crippen molar-refractivity contribution in [1.29, 1.82) is 5.26 Å². The lowest BCUT2D eigenvalue weighted by Gasteiger charge is -2.11. The van der Waals surface area contributed by atoms with E-state index in [4.69, 9.17) is 0 Å². The Hall–Kier alpha value is -3.39. The zero-order valence-corrected chi connectivity index (χ0v) is 13.9. The van der Waals surface area contributed by atoms with Crippen LogP contribution >= 0.6 is 0 Å². The number of nitrogens with zero attached hydrogens (tertiary/aromatic N) is 3. The second kappa shape index (κ2) is 7.45. The number of hydrogen-bond donors (Lipinski definition) is 1. The number of hydrogen-bond acceptors (Lipinski definition) is 4. The highest BCUT2D eigenvalue weighted by Gasteiger charge is 2.07. The van der Waals surface area contributed by atoms with E-state index in [1.165, 1.54) is 12.5 Å². The Balaban J connectivity index is 1.74. The molecule has 0 aliphatic rings. The van der Waals surface area contributed by atoms with E-state index < -0.39 is 0 Å². The predicted octanol–water partition coefficient (Wildman–Crippen LogP) is 3.62. The zero-order chi connectivity index (χ0) is 17.6. The molecule has 0 radical (unpaired) electrons. The van der Waals surface area contributed by atoms with Crippen molar-refractivity contribution >= 4 is 11.5 Å². The minimum absolute atomic E-state index is 0.0186. The number of imidazole rings is 1. The van der Waals surface area contributed by atoms with Gasteiger partial charge >= 0.3 is 0 Å². The van der Waals surface area contributed by atoms with Crippen molar-refractivity contribution in [2.45, 2.75) is 20.0 Å². The fourth-order valence-corrected chi connectivity index (χ4v) is 2.63. The molecule has 0 aliphatic heterocycles. The number of ketones is 1. The van der Waals surface area contributed by atoms with Gasteiger partial charge in [-0.3, -0.25) is 4.79 Å². The monoisotopic (exact) mass is 330 g/mol. The molecule has 0 saturated heterocycles. The fraction of sp³-hybridized carbons (Fsp3) is 0.150. The van der Waals surface area contributed by atoms with E-state index in [0.717, 1.165) is 12.1 Å². The first kappa shape index (κ1) is 16.5. The van der Waals surface area contributed by atoms with Gasteiger partial charge in [-0.25, -0.2) is 4.98 Å². The lowest BCUT2D eigenvalue weighted by atomic mass is 10.1. The summed E-state index contributed by atoms with van der Waals surface area (Å²) in [5.41, 5.74) is 4.08. The topological polar surface area (TPSA) is 70.7 Å². The highest BCUT2D eigenvalue weighted by molar-refractivity contribution is 5.95. The van der Waals surface area contributed by atoms with Crippen molar-refractivity contribution in [3.63, 3.8) is 0 Å². The molecule has 1 aromatic heterocycles. The number of anilines is 1. The molecule has 0 amide bonds. The van der Waals surface area contributed by atoms with Crippen LogP contribution < -0.4 is 5.32 Å². The van der Waals surface area contributed by atoms with Crippen LogP contribution in [-0.2, 0) is 13.1 Å². The van der Waals surface area contributed by atoms with E-state index in [1.807, 2.05) is 22.9 Å². The second-order valence-corrected chi connectivity index (χ2v) is 5.84. The van der Waals surface area contributed by atoms with Crippen LogP contribution in [0.3, 0.4) is 0 Å². The molecule has 25 heavy (non-hydrogen) atoms. The third-order valence-corrected chi connectivity index (χ3v) is 3.95. The standard InChI is InChI=1S/C20H18N4O/c1-15(25)18-5-6-19(11-21)20(10-18)23-12-16-3-2-4-17(9-16)13-24-8-7-22-14-24/h2-10,14,23H,12-13H2,1H3. The average Bonchev–Trinajstić information content (AvgIpc) is 3.13. The molecule has 0 fully saturated rings. The van der Waals surface area contributed by atoms with E-state index in [2.05, 4.69) is 28.5 Å². The van der Waals surface area contributed by atoms with Gasteiger partial charge in [0.2, 0.25) is 0 Å². The largest absolute Gasteiger partial charge is 0.380 e. The van der Waals surface area contributed by atoms with Gasteiger partial charge in [-0.15, -0.1) is 0 Å². The highest BCUT2D eigenvalue weighted by atomic mass is 16.1. The summed E-state index contributed by atoms with van der Waals surface area (Å²) >= 11 is 0. The van der Waals surface area contributed by atoms with Crippen molar-refractivity contribution in [2.75, 3.05) is 5.32 Å². The Morgan fingerprint density at radius 3 is 2.80 bits per heavy atom. The molecule has 3 rings (SSSR count). The maximum absolute atomic E-state index is 11.5. The molecule has 2 aromatic carbocycles. The smallest absolute Gasteiger partial charge is 0.159 e. The van der Waals surface area contributed by atoms with Crippen LogP contribution in [0.5, 0.6) is 0 Å². The zero-order valence-electron chi connectivity index (χ0n) is 13.9. The quantitative estimate of drug-likeness (QED) is 0.701. The van der Waals surface area contributed by atoms with Crippen molar-refractivity contribution in [3.8, 4) is 6.07 Å². The summed E-state index contributed by atoms with van der Waals surface area (Å²) in [4.78, 5) is 15.6. The maximum atomic E-state index is 11.5. The first-order chi connectivity index (χ1) is 12.2. The average molecular weight is 330 g/mol. The Kier molecular flexibility index (Phi) is 4.91. The minimum Gasteiger partial charge on any atom is -0.380 e. The van der Waals surface area contributed by atoms with Crippen LogP contribution in [0, 0.1) is 11.3 Å². The fourth-order valence-electron chi connectivity index (χ4n) is 2.63. The van der Waals surface area contributed by atoms with Crippen LogP contribution in [0.4, 0.5) is 5.69 Å². The molecular weight excluding hydrogens is 312 g/mol. The van der Waals surface area contributed by atoms with E-state index in [-0.39, 0.29) is 5.78 Å². The van der Waals surface area contributed by atoms with Crippen LogP contribution in [0.15, 0.2) is 61.2 Å².